The molecule has 0 spiro atoms. The molecule has 1 aromatic rings. The molecule has 0 aliphatic heterocycles. The summed E-state index contributed by atoms with van der Waals surface area (Å²) in [4.78, 5) is 23.3. The molecule has 0 bridgehead atoms. The smallest absolute Gasteiger partial charge is 0.306 e. The van der Waals surface area contributed by atoms with Crippen LogP contribution in [-0.2, 0) is 24.3 Å². The Morgan fingerprint density at radius 3 is 2.52 bits per heavy atom. The molecule has 1 saturated carbocycles. The third-order valence-electron chi connectivity index (χ3n) is 3.57. The third kappa shape index (κ3) is 6.43. The number of sulfonamides is 1. The highest BCUT2D eigenvalue weighted by Gasteiger charge is 2.27. The predicted molar refractivity (Wildman–Crippen MR) is 87.5 cm³/mol. The summed E-state index contributed by atoms with van der Waals surface area (Å²) in [5, 5.41) is 2.73. The van der Waals surface area contributed by atoms with E-state index in [2.05, 4.69) is 10.0 Å². The molecule has 1 aliphatic carbocycles. The fraction of sp³-hybridized carbons (Fsp3) is 0.500. The summed E-state index contributed by atoms with van der Waals surface area (Å²) in [5.41, 5.74) is 0. The van der Waals surface area contributed by atoms with Gasteiger partial charge in [0.15, 0.2) is 6.10 Å². The largest absolute Gasteiger partial charge is 0.453 e. The maximum Gasteiger partial charge on any atom is 0.306 e. The zero-order chi connectivity index (χ0) is 18.4. The van der Waals surface area contributed by atoms with E-state index in [-0.39, 0.29) is 36.2 Å². The monoisotopic (exact) mass is 372 g/mol. The van der Waals surface area contributed by atoms with Crippen LogP contribution in [0.15, 0.2) is 29.2 Å². The van der Waals surface area contributed by atoms with Crippen molar-refractivity contribution in [1.82, 2.24) is 10.0 Å². The van der Waals surface area contributed by atoms with Gasteiger partial charge in [0.25, 0.3) is 5.91 Å². The Morgan fingerprint density at radius 1 is 1.28 bits per heavy atom. The van der Waals surface area contributed by atoms with Crippen LogP contribution in [0.25, 0.3) is 0 Å². The Balaban J connectivity index is 1.68. The van der Waals surface area contributed by atoms with Crippen LogP contribution in [0.3, 0.4) is 0 Å². The van der Waals surface area contributed by atoms with Crippen molar-refractivity contribution in [2.24, 2.45) is 0 Å². The Hall–Kier alpha value is -2.00. The molecule has 0 aromatic heterocycles. The van der Waals surface area contributed by atoms with Gasteiger partial charge in [-0.3, -0.25) is 9.59 Å². The molecule has 2 N–H and O–H groups in total. The molecule has 1 fully saturated rings. The zero-order valence-corrected chi connectivity index (χ0v) is 14.6. The number of ether oxygens (including phenoxy) is 1. The SMILES string of the molecule is C[C@@H](OC(=O)CCCNS(=O)(=O)c1ccc(F)cc1)C(=O)NC1CC1. The number of rotatable bonds is 9. The first-order chi connectivity index (χ1) is 11.8. The molecule has 0 unspecified atom stereocenters. The van der Waals surface area contributed by atoms with Gasteiger partial charge in [0.1, 0.15) is 5.82 Å². The summed E-state index contributed by atoms with van der Waals surface area (Å²) in [7, 11) is -3.75. The number of amides is 1. The number of hydrogen-bond donors (Lipinski definition) is 2. The van der Waals surface area contributed by atoms with Crippen molar-refractivity contribution in [1.29, 1.82) is 0 Å². The van der Waals surface area contributed by atoms with Gasteiger partial charge in [0, 0.05) is 19.0 Å². The number of carbonyl (C=O) groups excluding carboxylic acids is 2. The van der Waals surface area contributed by atoms with Gasteiger partial charge in [-0.1, -0.05) is 0 Å². The Kier molecular flexibility index (Phi) is 6.49. The fourth-order valence-corrected chi connectivity index (χ4v) is 3.07. The third-order valence-corrected chi connectivity index (χ3v) is 5.05. The van der Waals surface area contributed by atoms with E-state index in [4.69, 9.17) is 4.74 Å². The molecule has 0 saturated heterocycles. The summed E-state index contributed by atoms with van der Waals surface area (Å²) in [6, 6.07) is 4.62. The molecule has 138 valence electrons. The van der Waals surface area contributed by atoms with Gasteiger partial charge < -0.3 is 10.1 Å². The van der Waals surface area contributed by atoms with Crippen LogP contribution in [0.1, 0.15) is 32.6 Å². The molecule has 2 rings (SSSR count). The van der Waals surface area contributed by atoms with Crippen LogP contribution in [0, 0.1) is 5.82 Å². The predicted octanol–water partition coefficient (Wildman–Crippen LogP) is 1.09. The summed E-state index contributed by atoms with van der Waals surface area (Å²) >= 11 is 0. The van der Waals surface area contributed by atoms with Crippen LogP contribution in [0.5, 0.6) is 0 Å². The lowest BCUT2D eigenvalue weighted by Crippen LogP contribution is -2.37. The van der Waals surface area contributed by atoms with Crippen molar-refractivity contribution in [2.45, 2.75) is 49.6 Å². The van der Waals surface area contributed by atoms with Crippen LogP contribution in [-0.4, -0.2) is 39.0 Å². The average Bonchev–Trinajstić information content (AvgIpc) is 3.36. The number of nitrogens with one attached hydrogen (secondary N) is 2. The lowest BCUT2D eigenvalue weighted by Gasteiger charge is -2.13. The second kappa shape index (κ2) is 8.39. The lowest BCUT2D eigenvalue weighted by molar-refractivity contribution is -0.154. The van der Waals surface area contributed by atoms with Gasteiger partial charge in [-0.15, -0.1) is 0 Å². The van der Waals surface area contributed by atoms with E-state index < -0.39 is 27.9 Å². The highest BCUT2D eigenvalue weighted by molar-refractivity contribution is 7.89. The topological polar surface area (TPSA) is 102 Å². The Labute approximate surface area is 146 Å². The number of hydrogen-bond acceptors (Lipinski definition) is 5. The van der Waals surface area contributed by atoms with Crippen LogP contribution >= 0.6 is 0 Å². The number of halogens is 1. The minimum absolute atomic E-state index is 0.0208. The quantitative estimate of drug-likeness (QED) is 0.499. The van der Waals surface area contributed by atoms with Gasteiger partial charge in [0.05, 0.1) is 4.90 Å². The maximum absolute atomic E-state index is 12.8. The highest BCUT2D eigenvalue weighted by atomic mass is 32.2. The standard InChI is InChI=1S/C16H21FN2O5S/c1-11(16(21)19-13-6-7-13)24-15(20)3-2-10-18-25(22,23)14-8-4-12(17)5-9-14/h4-5,8-9,11,13,18H,2-3,6-7,10H2,1H3,(H,19,21)/t11-/m1/s1. The molecule has 0 heterocycles. The van der Waals surface area contributed by atoms with E-state index >= 15 is 0 Å². The molecule has 9 heteroatoms. The van der Waals surface area contributed by atoms with Gasteiger partial charge in [-0.25, -0.2) is 17.5 Å². The molecule has 1 atom stereocenters. The van der Waals surface area contributed by atoms with Crippen molar-refractivity contribution in [3.63, 3.8) is 0 Å². The molecule has 0 radical (unpaired) electrons. The first-order valence-corrected chi connectivity index (χ1v) is 9.51. The maximum atomic E-state index is 12.8. The molecule has 25 heavy (non-hydrogen) atoms. The molecule has 1 aliphatic rings. The summed E-state index contributed by atoms with van der Waals surface area (Å²) in [6.45, 7) is 1.52. The minimum atomic E-state index is -3.75. The first kappa shape index (κ1) is 19.3. The van der Waals surface area contributed by atoms with E-state index in [1.807, 2.05) is 0 Å². The van der Waals surface area contributed by atoms with Crippen LogP contribution in [0.2, 0.25) is 0 Å². The van der Waals surface area contributed by atoms with Crippen molar-refractivity contribution in [3.8, 4) is 0 Å². The van der Waals surface area contributed by atoms with Crippen molar-refractivity contribution in [3.05, 3.63) is 30.1 Å². The van der Waals surface area contributed by atoms with E-state index in [1.165, 1.54) is 6.92 Å². The molecule has 1 aromatic carbocycles. The van der Waals surface area contributed by atoms with E-state index in [0.717, 1.165) is 37.1 Å². The number of esters is 1. The van der Waals surface area contributed by atoms with E-state index in [1.54, 1.807) is 0 Å². The van der Waals surface area contributed by atoms with E-state index in [0.29, 0.717) is 0 Å². The molecule has 1 amide bonds. The minimum Gasteiger partial charge on any atom is -0.453 e. The zero-order valence-electron chi connectivity index (χ0n) is 13.8. The second-order valence-electron chi connectivity index (χ2n) is 5.87. The highest BCUT2D eigenvalue weighted by Crippen LogP contribution is 2.18. The Morgan fingerprint density at radius 2 is 1.92 bits per heavy atom. The second-order valence-corrected chi connectivity index (χ2v) is 7.64. The number of carbonyl (C=O) groups is 2. The van der Waals surface area contributed by atoms with Gasteiger partial charge in [-0.05, 0) is 50.5 Å². The van der Waals surface area contributed by atoms with Gasteiger partial charge in [0.2, 0.25) is 10.0 Å². The fourth-order valence-electron chi connectivity index (χ4n) is 1.99. The summed E-state index contributed by atoms with van der Waals surface area (Å²) < 4.78 is 44.1. The summed E-state index contributed by atoms with van der Waals surface area (Å²) in [5.74, 6) is -1.42. The normalized spacial score (nSPS) is 15.4. The van der Waals surface area contributed by atoms with Crippen LogP contribution < -0.4 is 10.0 Å². The lowest BCUT2D eigenvalue weighted by atomic mass is 10.3. The Bertz CT molecular complexity index is 717. The van der Waals surface area contributed by atoms with E-state index in [9.17, 15) is 22.4 Å². The van der Waals surface area contributed by atoms with Crippen molar-refractivity contribution >= 4 is 21.9 Å². The summed E-state index contributed by atoms with van der Waals surface area (Å²) in [6.07, 6.45) is 1.22. The molecular weight excluding hydrogens is 351 g/mol. The van der Waals surface area contributed by atoms with Crippen molar-refractivity contribution < 1.29 is 27.1 Å². The molecule has 7 nitrogen and oxygen atoms in total. The number of benzene rings is 1. The van der Waals surface area contributed by atoms with Gasteiger partial charge >= 0.3 is 5.97 Å². The molecular formula is C16H21FN2O5S. The van der Waals surface area contributed by atoms with Crippen molar-refractivity contribution in [2.75, 3.05) is 6.54 Å². The van der Waals surface area contributed by atoms with Gasteiger partial charge in [-0.2, -0.15) is 0 Å². The first-order valence-electron chi connectivity index (χ1n) is 8.03. The average molecular weight is 372 g/mol. The van der Waals surface area contributed by atoms with Crippen LogP contribution in [0.4, 0.5) is 4.39 Å².